The van der Waals surface area contributed by atoms with Gasteiger partial charge in [0.1, 0.15) is 0 Å². The Hall–Kier alpha value is -0.930. The van der Waals surface area contributed by atoms with Gasteiger partial charge in [-0.1, -0.05) is 0 Å². The van der Waals surface area contributed by atoms with Gasteiger partial charge in [0.05, 0.1) is 12.2 Å². The lowest BCUT2D eigenvalue weighted by atomic mass is 10.0. The molecule has 0 aromatic carbocycles. The SMILES string of the molecule is Cc1ccnc(C)c1C(C)OC1CCNC1. The molecule has 1 aliphatic heterocycles. The summed E-state index contributed by atoms with van der Waals surface area (Å²) in [6.45, 7) is 8.34. The summed E-state index contributed by atoms with van der Waals surface area (Å²) in [5.74, 6) is 0. The van der Waals surface area contributed by atoms with E-state index in [1.807, 2.05) is 6.20 Å². The molecule has 0 radical (unpaired) electrons. The van der Waals surface area contributed by atoms with E-state index in [0.717, 1.165) is 25.2 Å². The van der Waals surface area contributed by atoms with E-state index >= 15 is 0 Å². The Morgan fingerprint density at radius 1 is 1.50 bits per heavy atom. The van der Waals surface area contributed by atoms with Crippen molar-refractivity contribution in [3.8, 4) is 0 Å². The van der Waals surface area contributed by atoms with E-state index in [0.29, 0.717) is 6.10 Å². The predicted molar refractivity (Wildman–Crippen MR) is 64.5 cm³/mol. The Morgan fingerprint density at radius 2 is 2.31 bits per heavy atom. The van der Waals surface area contributed by atoms with E-state index in [1.54, 1.807) is 0 Å². The van der Waals surface area contributed by atoms with Crippen LogP contribution in [0.2, 0.25) is 0 Å². The second kappa shape index (κ2) is 4.93. The fourth-order valence-electron chi connectivity index (χ4n) is 2.42. The van der Waals surface area contributed by atoms with Gasteiger partial charge in [-0.15, -0.1) is 0 Å². The third-order valence-electron chi connectivity index (χ3n) is 3.23. The summed E-state index contributed by atoms with van der Waals surface area (Å²) in [6, 6.07) is 2.05. The Kier molecular flexibility index (Phi) is 3.56. The molecule has 1 aromatic heterocycles. The number of hydrogen-bond acceptors (Lipinski definition) is 3. The van der Waals surface area contributed by atoms with Crippen LogP contribution in [-0.2, 0) is 4.74 Å². The number of nitrogens with one attached hydrogen (secondary N) is 1. The fourth-order valence-corrected chi connectivity index (χ4v) is 2.42. The van der Waals surface area contributed by atoms with E-state index in [1.165, 1.54) is 11.1 Å². The summed E-state index contributed by atoms with van der Waals surface area (Å²) in [5, 5.41) is 3.32. The highest BCUT2D eigenvalue weighted by molar-refractivity contribution is 5.30. The minimum atomic E-state index is 0.138. The standard InChI is InChI=1S/C13H20N2O/c1-9-4-7-15-10(2)13(9)11(3)16-12-5-6-14-8-12/h4,7,11-12,14H,5-6,8H2,1-3H3. The predicted octanol–water partition coefficient (Wildman–Crippen LogP) is 2.14. The average molecular weight is 220 g/mol. The van der Waals surface area contributed by atoms with Gasteiger partial charge in [0.25, 0.3) is 0 Å². The Balaban J connectivity index is 2.10. The zero-order chi connectivity index (χ0) is 11.5. The third-order valence-corrected chi connectivity index (χ3v) is 3.23. The first kappa shape index (κ1) is 11.6. The minimum Gasteiger partial charge on any atom is -0.369 e. The van der Waals surface area contributed by atoms with Gasteiger partial charge in [-0.2, -0.15) is 0 Å². The van der Waals surface area contributed by atoms with Crippen LogP contribution >= 0.6 is 0 Å². The number of pyridine rings is 1. The largest absolute Gasteiger partial charge is 0.369 e. The lowest BCUT2D eigenvalue weighted by Gasteiger charge is -2.21. The molecular formula is C13H20N2O. The molecule has 2 rings (SSSR count). The molecule has 1 aromatic rings. The fraction of sp³-hybridized carbons (Fsp3) is 0.615. The molecule has 2 unspecified atom stereocenters. The summed E-state index contributed by atoms with van der Waals surface area (Å²) in [5.41, 5.74) is 3.60. The molecule has 3 nitrogen and oxygen atoms in total. The monoisotopic (exact) mass is 220 g/mol. The first-order chi connectivity index (χ1) is 7.68. The van der Waals surface area contributed by atoms with E-state index in [2.05, 4.69) is 37.1 Å². The molecule has 2 atom stereocenters. The van der Waals surface area contributed by atoms with Crippen LogP contribution in [0, 0.1) is 13.8 Å². The summed E-state index contributed by atoms with van der Waals surface area (Å²) in [6.07, 6.45) is 3.47. The first-order valence-electron chi connectivity index (χ1n) is 5.96. The summed E-state index contributed by atoms with van der Waals surface area (Å²) >= 11 is 0. The molecule has 1 fully saturated rings. The van der Waals surface area contributed by atoms with Crippen molar-refractivity contribution >= 4 is 0 Å². The maximum atomic E-state index is 6.06. The van der Waals surface area contributed by atoms with Crippen molar-refractivity contribution in [1.82, 2.24) is 10.3 Å². The second-order valence-electron chi connectivity index (χ2n) is 4.52. The van der Waals surface area contributed by atoms with E-state index in [-0.39, 0.29) is 6.10 Å². The highest BCUT2D eigenvalue weighted by Crippen LogP contribution is 2.25. The zero-order valence-corrected chi connectivity index (χ0v) is 10.3. The molecule has 1 N–H and O–H groups in total. The molecule has 2 heterocycles. The van der Waals surface area contributed by atoms with E-state index < -0.39 is 0 Å². The maximum absolute atomic E-state index is 6.06. The van der Waals surface area contributed by atoms with Crippen LogP contribution in [0.3, 0.4) is 0 Å². The molecule has 0 aliphatic carbocycles. The molecule has 1 saturated heterocycles. The van der Waals surface area contributed by atoms with Crippen LogP contribution in [0.25, 0.3) is 0 Å². The van der Waals surface area contributed by atoms with Crippen molar-refractivity contribution in [2.45, 2.75) is 39.4 Å². The molecule has 88 valence electrons. The van der Waals surface area contributed by atoms with Gasteiger partial charge >= 0.3 is 0 Å². The number of rotatable bonds is 3. The Labute approximate surface area is 97.2 Å². The molecule has 3 heteroatoms. The van der Waals surface area contributed by atoms with Crippen molar-refractivity contribution in [3.05, 3.63) is 29.1 Å². The quantitative estimate of drug-likeness (QED) is 0.847. The number of nitrogens with zero attached hydrogens (tertiary/aromatic N) is 1. The van der Waals surface area contributed by atoms with Crippen LogP contribution in [-0.4, -0.2) is 24.2 Å². The Morgan fingerprint density at radius 3 is 2.94 bits per heavy atom. The zero-order valence-electron chi connectivity index (χ0n) is 10.3. The van der Waals surface area contributed by atoms with Gasteiger partial charge in [0.15, 0.2) is 0 Å². The molecule has 0 amide bonds. The number of ether oxygens (including phenoxy) is 1. The van der Waals surface area contributed by atoms with Crippen molar-refractivity contribution < 1.29 is 4.74 Å². The third kappa shape index (κ3) is 2.42. The number of aromatic nitrogens is 1. The van der Waals surface area contributed by atoms with Gasteiger partial charge < -0.3 is 10.1 Å². The topological polar surface area (TPSA) is 34.1 Å². The van der Waals surface area contributed by atoms with Gasteiger partial charge in [-0.25, -0.2) is 0 Å². The minimum absolute atomic E-state index is 0.138. The van der Waals surface area contributed by atoms with Gasteiger partial charge in [-0.05, 0) is 45.4 Å². The maximum Gasteiger partial charge on any atom is 0.0821 e. The molecule has 0 bridgehead atoms. The number of hydrogen-bond donors (Lipinski definition) is 1. The van der Waals surface area contributed by atoms with Crippen LogP contribution in [0.4, 0.5) is 0 Å². The van der Waals surface area contributed by atoms with E-state index in [9.17, 15) is 0 Å². The van der Waals surface area contributed by atoms with Gasteiger partial charge in [-0.3, -0.25) is 4.98 Å². The van der Waals surface area contributed by atoms with Crippen molar-refractivity contribution in [3.63, 3.8) is 0 Å². The van der Waals surface area contributed by atoms with Crippen molar-refractivity contribution in [2.75, 3.05) is 13.1 Å². The van der Waals surface area contributed by atoms with E-state index in [4.69, 9.17) is 4.74 Å². The highest BCUT2D eigenvalue weighted by atomic mass is 16.5. The number of aryl methyl sites for hydroxylation is 2. The van der Waals surface area contributed by atoms with Gasteiger partial charge in [0.2, 0.25) is 0 Å². The lowest BCUT2D eigenvalue weighted by Crippen LogP contribution is -2.19. The highest BCUT2D eigenvalue weighted by Gasteiger charge is 2.20. The van der Waals surface area contributed by atoms with Crippen LogP contribution in [0.15, 0.2) is 12.3 Å². The summed E-state index contributed by atoms with van der Waals surface area (Å²) in [4.78, 5) is 4.34. The molecule has 0 saturated carbocycles. The molecular weight excluding hydrogens is 200 g/mol. The molecule has 1 aliphatic rings. The van der Waals surface area contributed by atoms with Crippen LogP contribution in [0.5, 0.6) is 0 Å². The smallest absolute Gasteiger partial charge is 0.0821 e. The van der Waals surface area contributed by atoms with Crippen molar-refractivity contribution in [2.24, 2.45) is 0 Å². The Bertz CT molecular complexity index is 339. The molecule has 16 heavy (non-hydrogen) atoms. The first-order valence-corrected chi connectivity index (χ1v) is 5.96. The molecule has 0 spiro atoms. The van der Waals surface area contributed by atoms with Crippen LogP contribution < -0.4 is 5.32 Å². The van der Waals surface area contributed by atoms with Crippen LogP contribution in [0.1, 0.15) is 36.3 Å². The second-order valence-corrected chi connectivity index (χ2v) is 4.52. The summed E-state index contributed by atoms with van der Waals surface area (Å²) < 4.78 is 6.06. The van der Waals surface area contributed by atoms with Gasteiger partial charge in [0, 0.05) is 24.0 Å². The van der Waals surface area contributed by atoms with Crippen molar-refractivity contribution in [1.29, 1.82) is 0 Å². The average Bonchev–Trinajstić information content (AvgIpc) is 2.70. The summed E-state index contributed by atoms with van der Waals surface area (Å²) in [7, 11) is 0. The lowest BCUT2D eigenvalue weighted by molar-refractivity contribution is 0.00746. The normalized spacial score (nSPS) is 22.3.